The summed E-state index contributed by atoms with van der Waals surface area (Å²) in [4.78, 5) is 10.00. The number of phenolic OH excluding ortho intramolecular Hbond substituents is 1. The quantitative estimate of drug-likeness (QED) is 0.242. The highest BCUT2D eigenvalue weighted by Gasteiger charge is 2.14. The minimum Gasteiger partial charge on any atom is -0.504 e. The SMILES string of the molecule is COc1ccc2cc3c4ccccc4cc[n+]3cc2c1O.C[N+](C)(C)CC(=O)O. The van der Waals surface area contributed by atoms with Gasteiger partial charge in [0.1, 0.15) is 0 Å². The van der Waals surface area contributed by atoms with Crippen LogP contribution in [0, 0.1) is 0 Å². The maximum absolute atomic E-state index is 10.3. The van der Waals surface area contributed by atoms with Gasteiger partial charge in [-0.15, -0.1) is 0 Å². The van der Waals surface area contributed by atoms with E-state index >= 15 is 0 Å². The molecule has 0 spiro atoms. The molecule has 2 N–H and O–H groups in total. The van der Waals surface area contributed by atoms with Crippen molar-refractivity contribution in [3.8, 4) is 11.5 Å². The average Bonchev–Trinajstić information content (AvgIpc) is 2.66. The molecule has 0 unspecified atom stereocenters. The van der Waals surface area contributed by atoms with E-state index in [1.165, 1.54) is 10.8 Å². The zero-order valence-corrected chi connectivity index (χ0v) is 17.1. The molecule has 2 aromatic carbocycles. The molecule has 0 bridgehead atoms. The van der Waals surface area contributed by atoms with Gasteiger partial charge in [-0.3, -0.25) is 0 Å². The smallest absolute Gasteiger partial charge is 0.359 e. The molecule has 0 amide bonds. The molecule has 0 fully saturated rings. The van der Waals surface area contributed by atoms with Crippen molar-refractivity contribution in [2.24, 2.45) is 0 Å². The first-order valence-corrected chi connectivity index (χ1v) is 9.24. The zero-order chi connectivity index (χ0) is 21.2. The Labute approximate surface area is 169 Å². The van der Waals surface area contributed by atoms with Crippen LogP contribution in [-0.4, -0.2) is 55.5 Å². The van der Waals surface area contributed by atoms with E-state index in [4.69, 9.17) is 9.84 Å². The summed E-state index contributed by atoms with van der Waals surface area (Å²) in [6, 6.07) is 16.2. The van der Waals surface area contributed by atoms with Crippen molar-refractivity contribution in [2.75, 3.05) is 34.8 Å². The number of methoxy groups -OCH3 is 1. The van der Waals surface area contributed by atoms with Crippen molar-refractivity contribution < 1.29 is 28.6 Å². The molecule has 4 aromatic rings. The molecule has 150 valence electrons. The summed E-state index contributed by atoms with van der Waals surface area (Å²) in [6.07, 6.45) is 3.95. The molecule has 0 saturated carbocycles. The minimum atomic E-state index is -0.752. The van der Waals surface area contributed by atoms with Gasteiger partial charge in [-0.2, -0.15) is 4.40 Å². The van der Waals surface area contributed by atoms with Crippen molar-refractivity contribution in [3.63, 3.8) is 0 Å². The normalized spacial score (nSPS) is 11.3. The predicted octanol–water partition coefficient (Wildman–Crippen LogP) is 3.22. The molecule has 2 heterocycles. The van der Waals surface area contributed by atoms with E-state index in [1.807, 2.05) is 56.1 Å². The molecule has 0 aliphatic carbocycles. The number of ether oxygens (including phenoxy) is 1. The number of carbonyl (C=O) groups is 1. The van der Waals surface area contributed by atoms with Gasteiger partial charge in [0, 0.05) is 12.1 Å². The first-order valence-electron chi connectivity index (χ1n) is 9.24. The third-order valence-corrected chi connectivity index (χ3v) is 4.53. The van der Waals surface area contributed by atoms with E-state index in [-0.39, 0.29) is 12.3 Å². The Morgan fingerprint density at radius 1 is 1.03 bits per heavy atom. The number of aromatic hydroxyl groups is 1. The van der Waals surface area contributed by atoms with Gasteiger partial charge in [-0.05, 0) is 29.0 Å². The number of carboxylic acids is 1. The number of quaternary nitrogens is 1. The Hall–Kier alpha value is -3.38. The second-order valence-electron chi connectivity index (χ2n) is 7.93. The Balaban J connectivity index is 0.000000258. The highest BCUT2D eigenvalue weighted by molar-refractivity contribution is 5.98. The Bertz CT molecular complexity index is 1200. The molecular formula is C23H26N2O4+2. The fourth-order valence-corrected chi connectivity index (χ4v) is 3.24. The number of aromatic nitrogens is 1. The van der Waals surface area contributed by atoms with E-state index in [9.17, 15) is 9.90 Å². The van der Waals surface area contributed by atoms with E-state index in [0.717, 1.165) is 16.3 Å². The van der Waals surface area contributed by atoms with Crippen molar-refractivity contribution in [1.29, 1.82) is 0 Å². The molecule has 29 heavy (non-hydrogen) atoms. The fourth-order valence-electron chi connectivity index (χ4n) is 3.24. The topological polar surface area (TPSA) is 70.9 Å². The number of likely N-dealkylation sites (N-methyl/N-ethyl adjacent to an activating group) is 1. The standard InChI is InChI=1S/C18H13NO2.C5H11NO2/c1-21-17-7-6-13-10-16-14-5-3-2-4-12(14)8-9-19(16)11-15(13)18(17)20;1-6(2,3)4-5(7)8/h2-11H,1H3;4H2,1-3H3/p+2. The van der Waals surface area contributed by atoms with Crippen molar-refractivity contribution in [2.45, 2.75) is 0 Å². The largest absolute Gasteiger partial charge is 0.504 e. The minimum absolute atomic E-state index is 0.178. The molecule has 0 saturated heterocycles. The highest BCUT2D eigenvalue weighted by atomic mass is 16.5. The number of phenols is 1. The third kappa shape index (κ3) is 4.55. The molecule has 6 heteroatoms. The summed E-state index contributed by atoms with van der Waals surface area (Å²) in [5, 5.41) is 22.7. The van der Waals surface area contributed by atoms with Crippen LogP contribution in [0.2, 0.25) is 0 Å². The molecule has 0 aliphatic heterocycles. The Kier molecular flexibility index (Phi) is 5.57. The zero-order valence-electron chi connectivity index (χ0n) is 17.1. The van der Waals surface area contributed by atoms with E-state index in [1.54, 1.807) is 13.2 Å². The molecule has 0 aliphatic rings. The van der Waals surface area contributed by atoms with Gasteiger partial charge in [-0.25, -0.2) is 4.79 Å². The Morgan fingerprint density at radius 2 is 1.76 bits per heavy atom. The van der Waals surface area contributed by atoms with Gasteiger partial charge in [0.25, 0.3) is 0 Å². The van der Waals surface area contributed by atoms with Crippen LogP contribution in [0.1, 0.15) is 0 Å². The number of pyridine rings is 2. The summed E-state index contributed by atoms with van der Waals surface area (Å²) in [6.45, 7) is 0.181. The average molecular weight is 394 g/mol. The van der Waals surface area contributed by atoms with Gasteiger partial charge in [0.2, 0.25) is 5.52 Å². The number of benzene rings is 2. The van der Waals surface area contributed by atoms with Gasteiger partial charge in [0.15, 0.2) is 30.4 Å². The van der Waals surface area contributed by atoms with Crippen LogP contribution in [0.4, 0.5) is 0 Å². The summed E-state index contributed by atoms with van der Waals surface area (Å²) < 4.78 is 7.69. The van der Waals surface area contributed by atoms with Crippen molar-refractivity contribution in [1.82, 2.24) is 0 Å². The highest BCUT2D eigenvalue weighted by Crippen LogP contribution is 2.34. The number of aliphatic carboxylic acids is 1. The molecule has 4 rings (SSSR count). The van der Waals surface area contributed by atoms with Crippen molar-refractivity contribution >= 4 is 33.0 Å². The molecular weight excluding hydrogens is 368 g/mol. The lowest BCUT2D eigenvalue weighted by Crippen LogP contribution is -2.39. The number of rotatable bonds is 3. The van der Waals surface area contributed by atoms with E-state index in [2.05, 4.69) is 24.3 Å². The third-order valence-electron chi connectivity index (χ3n) is 4.53. The van der Waals surface area contributed by atoms with Crippen LogP contribution in [0.15, 0.2) is 60.9 Å². The summed E-state index contributed by atoms with van der Waals surface area (Å²) >= 11 is 0. The fraction of sp³-hybridized carbons (Fsp3) is 0.217. The first-order chi connectivity index (χ1) is 13.7. The summed E-state index contributed by atoms with van der Waals surface area (Å²) in [5.41, 5.74) is 1.12. The summed E-state index contributed by atoms with van der Waals surface area (Å²) in [7, 11) is 7.08. The van der Waals surface area contributed by atoms with Crippen LogP contribution in [0.5, 0.6) is 11.5 Å². The van der Waals surface area contributed by atoms with Crippen LogP contribution in [0.3, 0.4) is 0 Å². The number of hydrogen-bond donors (Lipinski definition) is 2. The maximum Gasteiger partial charge on any atom is 0.359 e. The number of carboxylic acid groups (broad SMARTS) is 1. The molecule has 0 radical (unpaired) electrons. The second kappa shape index (κ2) is 7.93. The van der Waals surface area contributed by atoms with Crippen LogP contribution in [-0.2, 0) is 4.79 Å². The molecule has 6 nitrogen and oxygen atoms in total. The van der Waals surface area contributed by atoms with Crippen LogP contribution in [0.25, 0.3) is 27.1 Å². The Morgan fingerprint density at radius 3 is 2.38 bits per heavy atom. The number of hydrogen-bond acceptors (Lipinski definition) is 3. The lowest BCUT2D eigenvalue weighted by atomic mass is 10.1. The van der Waals surface area contributed by atoms with Crippen molar-refractivity contribution in [3.05, 3.63) is 60.9 Å². The van der Waals surface area contributed by atoms with Gasteiger partial charge < -0.3 is 19.4 Å². The monoisotopic (exact) mass is 394 g/mol. The predicted molar refractivity (Wildman–Crippen MR) is 113 cm³/mol. The molecule has 0 atom stereocenters. The van der Waals surface area contributed by atoms with E-state index in [0.29, 0.717) is 10.2 Å². The van der Waals surface area contributed by atoms with Gasteiger partial charge in [0.05, 0.1) is 39.0 Å². The van der Waals surface area contributed by atoms with Crippen LogP contribution < -0.4 is 9.14 Å². The first kappa shape index (κ1) is 20.4. The lowest BCUT2D eigenvalue weighted by Gasteiger charge is -2.20. The van der Waals surface area contributed by atoms with Gasteiger partial charge >= 0.3 is 5.97 Å². The van der Waals surface area contributed by atoms with E-state index < -0.39 is 5.97 Å². The lowest BCUT2D eigenvalue weighted by molar-refractivity contribution is -0.862. The number of fused-ring (bicyclic) bond motifs is 4. The second-order valence-corrected chi connectivity index (χ2v) is 7.93. The molecule has 2 aromatic heterocycles. The van der Waals surface area contributed by atoms with Gasteiger partial charge in [-0.1, -0.05) is 18.2 Å². The summed E-state index contributed by atoms with van der Waals surface area (Å²) in [5.74, 6) is -0.0849. The number of nitrogens with zero attached hydrogens (tertiary/aromatic N) is 2. The maximum atomic E-state index is 10.3. The van der Waals surface area contributed by atoms with Crippen LogP contribution >= 0.6 is 0 Å².